The van der Waals surface area contributed by atoms with E-state index in [-0.39, 0.29) is 494 Å². The molecule has 1 fully saturated rings. The van der Waals surface area contributed by atoms with Crippen LogP contribution in [-0.4, -0.2) is 222 Å². The molecule has 0 aliphatic carbocycles. The van der Waals surface area contributed by atoms with Crippen LogP contribution in [0, 0.1) is 0 Å². The molecule has 0 aromatic carbocycles. The van der Waals surface area contributed by atoms with Gasteiger partial charge in [-0.05, 0) is 40.0 Å². The van der Waals surface area contributed by atoms with Gasteiger partial charge in [-0.25, -0.2) is 0 Å². The van der Waals surface area contributed by atoms with E-state index in [0.29, 0.717) is 20.0 Å². The van der Waals surface area contributed by atoms with Crippen molar-refractivity contribution in [2.75, 3.05) is 164 Å². The molecule has 0 aromatic rings. The quantitative estimate of drug-likeness (QED) is 0.0168. The van der Waals surface area contributed by atoms with Crippen LogP contribution in [0.1, 0.15) is 0 Å². The van der Waals surface area contributed by atoms with Crippen molar-refractivity contribution in [1.29, 1.82) is 0 Å². The molecule has 92 heavy (non-hydrogen) atoms. The van der Waals surface area contributed by atoms with Crippen molar-refractivity contribution < 1.29 is 597 Å². The normalized spacial score (nSPS) is 11.1. The van der Waals surface area contributed by atoms with Crippen LogP contribution in [-0.2, 0) is 539 Å². The van der Waals surface area contributed by atoms with Gasteiger partial charge < -0.3 is 131 Å². The van der Waals surface area contributed by atoms with Gasteiger partial charge in [0.1, 0.15) is 0 Å². The molecule has 0 amide bonds. The number of rotatable bonds is 37. The van der Waals surface area contributed by atoms with Gasteiger partial charge in [0.05, 0.1) is 13.2 Å². The summed E-state index contributed by atoms with van der Waals surface area (Å²) < 4.78 is 112. The zero-order valence-corrected chi connectivity index (χ0v) is 112. The topological polar surface area (TPSA) is 464 Å². The summed E-state index contributed by atoms with van der Waals surface area (Å²) in [5, 5.41) is 0. The summed E-state index contributed by atoms with van der Waals surface area (Å²) in [6.45, 7) is 16.2. The monoisotopic (exact) mass is 3620 g/mol. The SMILES string of the molecule is COP(C)OCOP(O)O.COP(C)OCOPO.COP(OC)OCOP(O)O.COP(OC)OCOP(O)O.CP(C)OCOP.CP(C)OCOP(O)O.CP(C)OCOPO.OP(O)OCOP1OCCO1.[W].[W].[W].[W].[W].[W].[W].[W].[Y].[Y].[Y].[Y].[Y].[Y].[Y].[Y]. The molecule has 8 radical (unpaired) electrons. The van der Waals surface area contributed by atoms with Gasteiger partial charge in [0.15, 0.2) is 89.2 Å². The van der Waals surface area contributed by atoms with E-state index >= 15 is 0 Å². The zero-order chi connectivity index (χ0) is 60.0. The molecule has 0 bridgehead atoms. The Morgan fingerprint density at radius 1 is 0.337 bits per heavy atom. The van der Waals surface area contributed by atoms with E-state index in [1.54, 1.807) is 20.4 Å². The van der Waals surface area contributed by atoms with Crippen molar-refractivity contribution in [3.63, 3.8) is 0 Å². The van der Waals surface area contributed by atoms with E-state index in [9.17, 15) is 0 Å². The van der Waals surface area contributed by atoms with Crippen LogP contribution in [0.15, 0.2) is 0 Å². The maximum Gasteiger partial charge on any atom is 0.335 e. The predicted molar refractivity (Wildman–Crippen MR) is 301 cm³/mol. The molecule has 5 atom stereocenters. The Hall–Kier alpha value is 19.8. The van der Waals surface area contributed by atoms with Crippen molar-refractivity contribution in [3.05, 3.63) is 0 Å². The number of hydrogen-bond acceptors (Lipinski definition) is 36. The molecule has 542 valence electrons. The fourth-order valence-electron chi connectivity index (χ4n) is 1.88. The first-order valence-corrected chi connectivity index (χ1v) is 39.7. The molecule has 1 rings (SSSR count). The van der Waals surface area contributed by atoms with Crippen LogP contribution in [0.2, 0.25) is 0 Å². The van der Waals surface area contributed by atoms with E-state index < -0.39 is 112 Å². The molecule has 0 saturated carbocycles. The third-order valence-corrected chi connectivity index (χ3v) is 13.7. The molecular weight excluding hydrogens is 3540 g/mol. The first-order chi connectivity index (χ1) is 35.8. The summed E-state index contributed by atoms with van der Waals surface area (Å²) in [6.07, 6.45) is 0. The molecule has 0 spiro atoms. The van der Waals surface area contributed by atoms with Gasteiger partial charge in [0.25, 0.3) is 0 Å². The van der Waals surface area contributed by atoms with Crippen molar-refractivity contribution in [2.24, 2.45) is 0 Å². The minimum atomic E-state index is -2.37. The van der Waals surface area contributed by atoms with Gasteiger partial charge in [-0.15, -0.1) is 0 Å². The minimum absolute atomic E-state index is 0. The van der Waals surface area contributed by atoms with E-state index in [1.807, 2.05) is 40.0 Å². The Morgan fingerprint density at radius 2 is 0.565 bits per heavy atom. The molecule has 0 aromatic heterocycles. The summed E-state index contributed by atoms with van der Waals surface area (Å²) >= 11 is 0. The fourth-order valence-corrected chi connectivity index (χ4v) is 6.86. The Kier molecular flexibility index (Phi) is 281. The van der Waals surface area contributed by atoms with E-state index in [0.717, 1.165) is 0 Å². The molecule has 12 N–H and O–H groups in total. The average molecular weight is 3620 g/mol. The molecule has 1 saturated heterocycles. The van der Waals surface area contributed by atoms with Crippen LogP contribution < -0.4 is 0 Å². The second-order valence-corrected chi connectivity index (χ2v) is 28.1. The van der Waals surface area contributed by atoms with Crippen LogP contribution in [0.3, 0.4) is 0 Å². The Balaban J connectivity index is -0.0000000276. The van der Waals surface area contributed by atoms with Crippen LogP contribution in [0.4, 0.5) is 0 Å². The summed E-state index contributed by atoms with van der Waals surface area (Å²) in [4.78, 5) is 98.6. The van der Waals surface area contributed by atoms with Gasteiger partial charge in [-0.2, -0.15) is 0 Å². The van der Waals surface area contributed by atoms with Gasteiger partial charge in [0.2, 0.25) is 0 Å². The first-order valence-electron chi connectivity index (χ1n) is 18.6. The standard InChI is InChI=1S/C3H8O6P2.2C3H10O6P2.C3H10O5P2.2C3H10O4P2.C3H10O3P2.C3H10O2P2.8W.8Y/c4-10(5)8-3-9-11-6-1-2-7-11;2*1-6-11(7-2)9-3-8-10(4)5;1-6-9(2)7-3-8-10(4)5;1-8(2)6-3-7-9(4)5;1-5-9(2)7-3-6-8-4;1-8(2)6-3-5-7-4;1-7(2)5-3-4-6;;;;;;;;;;;;;;;;/h4-5H,1-3H2;2*4-5H,3H2,1-2H3;4-5H,3H2,1-2H3;4-5H,3H2,1-2H3;4,8H,3H2,1-2H3;4,7H,3H2,1-2H3;3,6H2,1-2H3;;;;;;;;;;;;;;;;. The Bertz CT molecular complexity index is 1050. The van der Waals surface area contributed by atoms with Crippen LogP contribution in [0.5, 0.6) is 0 Å². The second kappa shape index (κ2) is 149. The minimum Gasteiger partial charge on any atom is -0.352 e. The van der Waals surface area contributed by atoms with E-state index in [4.69, 9.17) is 113 Å². The molecule has 5 unspecified atom stereocenters. The van der Waals surface area contributed by atoms with Gasteiger partial charge >= 0.3 is 68.8 Å². The zero-order valence-electron chi connectivity index (χ0n) is 51.5. The van der Waals surface area contributed by atoms with E-state index in [1.165, 1.54) is 35.5 Å². The van der Waals surface area contributed by atoms with Gasteiger partial charge in [-0.1, -0.05) is 0 Å². The van der Waals surface area contributed by atoms with Crippen molar-refractivity contribution in [3.8, 4) is 0 Å². The molecule has 68 heteroatoms. The Labute approximate surface area is 880 Å². The second-order valence-electron chi connectivity index (χ2n) is 10.3. The Morgan fingerprint density at radius 3 is 0.793 bits per heavy atom. The molecule has 1 aliphatic rings. The molecular formula is C24H78O36P16W8Y8. The third-order valence-electron chi connectivity index (χ3n) is 4.62. The number of hydrogen-bond donors (Lipinski definition) is 12. The molecule has 1 heterocycles. The summed E-state index contributed by atoms with van der Waals surface area (Å²) in [7, 11) is -8.74. The van der Waals surface area contributed by atoms with Crippen molar-refractivity contribution >= 4 is 138 Å². The largest absolute Gasteiger partial charge is 0.352 e. The third kappa shape index (κ3) is 190. The predicted octanol–water partition coefficient (Wildman–Crippen LogP) is 7.08. The first kappa shape index (κ1) is 174. The summed E-state index contributed by atoms with van der Waals surface area (Å²) in [5.74, 6) is 0. The maximum atomic E-state index is 8.27. The fraction of sp³-hybridized carbons (Fsp3) is 1.00. The van der Waals surface area contributed by atoms with Crippen LogP contribution in [0.25, 0.3) is 0 Å². The average Bonchev–Trinajstić information content (AvgIpc) is 3.88. The summed E-state index contributed by atoms with van der Waals surface area (Å²) in [5.41, 5.74) is 0. The van der Waals surface area contributed by atoms with Crippen molar-refractivity contribution in [2.45, 2.75) is 0 Å². The van der Waals surface area contributed by atoms with Crippen LogP contribution >= 0.6 is 138 Å². The van der Waals surface area contributed by atoms with Gasteiger partial charge in [0, 0.05) is 520 Å². The maximum absolute atomic E-state index is 8.27. The van der Waals surface area contributed by atoms with Crippen molar-refractivity contribution in [1.82, 2.24) is 0 Å². The molecule has 36 nitrogen and oxygen atoms in total. The smallest absolute Gasteiger partial charge is 0.335 e. The molecule has 1 aliphatic heterocycles. The van der Waals surface area contributed by atoms with Gasteiger partial charge in [-0.3, -0.25) is 36.2 Å². The van der Waals surface area contributed by atoms with E-state index in [2.05, 4.69) is 63.8 Å². The summed E-state index contributed by atoms with van der Waals surface area (Å²) in [6, 6.07) is 0.